The van der Waals surface area contributed by atoms with Crippen LogP contribution in [0.5, 0.6) is 0 Å². The highest BCUT2D eigenvalue weighted by Gasteiger charge is 2.32. The summed E-state index contributed by atoms with van der Waals surface area (Å²) in [5.74, 6) is 0. The molecule has 0 spiro atoms. The number of nitro groups is 1. The van der Waals surface area contributed by atoms with Gasteiger partial charge in [-0.05, 0) is 31.6 Å². The fraction of sp³-hybridized carbons (Fsp3) is 0.600. The first-order valence-electron chi connectivity index (χ1n) is 7.07. The minimum absolute atomic E-state index is 0.213. The van der Waals surface area contributed by atoms with Crippen LogP contribution >= 0.6 is 11.8 Å². The summed E-state index contributed by atoms with van der Waals surface area (Å²) in [6.07, 6.45) is 7.37. The van der Waals surface area contributed by atoms with Gasteiger partial charge in [0.15, 0.2) is 0 Å². The van der Waals surface area contributed by atoms with Gasteiger partial charge in [0.25, 0.3) is 5.69 Å². The molecular weight excluding hydrogens is 272 g/mol. The summed E-state index contributed by atoms with van der Waals surface area (Å²) >= 11 is 1.96. The molecule has 1 aliphatic carbocycles. The monoisotopic (exact) mass is 294 g/mol. The molecule has 0 aliphatic heterocycles. The zero-order valence-corrected chi connectivity index (χ0v) is 13.0. The predicted molar refractivity (Wildman–Crippen MR) is 84.3 cm³/mol. The third-order valence-corrected chi connectivity index (χ3v) is 5.74. The van der Waals surface area contributed by atoms with Gasteiger partial charge in [-0.25, -0.2) is 0 Å². The second-order valence-corrected chi connectivity index (χ2v) is 6.79. The van der Waals surface area contributed by atoms with E-state index in [-0.39, 0.29) is 10.6 Å². The van der Waals surface area contributed by atoms with Crippen LogP contribution < -0.4 is 5.32 Å². The van der Waals surface area contributed by atoms with Crippen molar-refractivity contribution in [2.24, 2.45) is 0 Å². The Balaban J connectivity index is 1.97. The fourth-order valence-electron chi connectivity index (χ4n) is 2.96. The standard InChI is InChI=1S/C15H22N2O2S/c1-12-13(6-5-7-14(12)17(18)19)10-16-11-15(20-2)8-3-4-9-15/h5-7,16H,3-4,8-11H2,1-2H3. The lowest BCUT2D eigenvalue weighted by atomic mass is 10.1. The van der Waals surface area contributed by atoms with E-state index in [0.717, 1.165) is 17.7 Å². The summed E-state index contributed by atoms with van der Waals surface area (Å²) in [6, 6.07) is 5.30. The Hall–Kier alpha value is -1.07. The van der Waals surface area contributed by atoms with E-state index in [2.05, 4.69) is 11.6 Å². The first kappa shape index (κ1) is 15.3. The highest BCUT2D eigenvalue weighted by molar-refractivity contribution is 8.00. The van der Waals surface area contributed by atoms with Crippen molar-refractivity contribution in [3.8, 4) is 0 Å². The van der Waals surface area contributed by atoms with E-state index in [9.17, 15) is 10.1 Å². The van der Waals surface area contributed by atoms with E-state index in [1.807, 2.05) is 24.8 Å². The zero-order valence-electron chi connectivity index (χ0n) is 12.1. The van der Waals surface area contributed by atoms with E-state index >= 15 is 0 Å². The SMILES string of the molecule is CSC1(CNCc2cccc([N+](=O)[O-])c2C)CCCC1. The molecule has 4 nitrogen and oxygen atoms in total. The quantitative estimate of drug-likeness (QED) is 0.642. The average Bonchev–Trinajstić information content (AvgIpc) is 2.90. The maximum absolute atomic E-state index is 10.9. The first-order chi connectivity index (χ1) is 9.58. The molecule has 0 heterocycles. The van der Waals surface area contributed by atoms with E-state index in [1.54, 1.807) is 12.1 Å². The van der Waals surface area contributed by atoms with Crippen LogP contribution in [0.1, 0.15) is 36.8 Å². The van der Waals surface area contributed by atoms with Crippen LogP contribution in [0.2, 0.25) is 0 Å². The molecule has 0 unspecified atom stereocenters. The van der Waals surface area contributed by atoms with Crippen molar-refractivity contribution in [1.82, 2.24) is 5.32 Å². The Morgan fingerprint density at radius 1 is 1.40 bits per heavy atom. The van der Waals surface area contributed by atoms with Crippen LogP contribution in [-0.2, 0) is 6.54 Å². The Labute approximate surface area is 124 Å². The topological polar surface area (TPSA) is 55.2 Å². The Kier molecular flexibility index (Phi) is 5.05. The van der Waals surface area contributed by atoms with E-state index in [1.165, 1.54) is 25.7 Å². The van der Waals surface area contributed by atoms with Crippen molar-refractivity contribution in [3.05, 3.63) is 39.4 Å². The van der Waals surface area contributed by atoms with Gasteiger partial charge in [-0.1, -0.05) is 25.0 Å². The van der Waals surface area contributed by atoms with Crippen LogP contribution in [0.15, 0.2) is 18.2 Å². The Morgan fingerprint density at radius 3 is 2.70 bits per heavy atom. The van der Waals surface area contributed by atoms with Gasteiger partial charge in [0, 0.05) is 29.5 Å². The maximum Gasteiger partial charge on any atom is 0.272 e. The normalized spacial score (nSPS) is 17.3. The third-order valence-electron chi connectivity index (χ3n) is 4.32. The molecule has 0 aromatic heterocycles. The lowest BCUT2D eigenvalue weighted by Gasteiger charge is -2.27. The van der Waals surface area contributed by atoms with Crippen molar-refractivity contribution in [3.63, 3.8) is 0 Å². The van der Waals surface area contributed by atoms with Gasteiger partial charge in [0.2, 0.25) is 0 Å². The van der Waals surface area contributed by atoms with Crippen LogP contribution in [0.4, 0.5) is 5.69 Å². The van der Waals surface area contributed by atoms with Crippen LogP contribution in [0.3, 0.4) is 0 Å². The third kappa shape index (κ3) is 3.33. The van der Waals surface area contributed by atoms with Crippen molar-refractivity contribution in [2.45, 2.75) is 43.9 Å². The summed E-state index contributed by atoms with van der Waals surface area (Å²) in [7, 11) is 0. The first-order valence-corrected chi connectivity index (χ1v) is 8.29. The molecule has 0 amide bonds. The Bertz CT molecular complexity index is 485. The molecule has 0 radical (unpaired) electrons. The number of benzene rings is 1. The van der Waals surface area contributed by atoms with Crippen molar-refractivity contribution in [1.29, 1.82) is 0 Å². The minimum Gasteiger partial charge on any atom is -0.311 e. The predicted octanol–water partition coefficient (Wildman–Crippen LogP) is 3.67. The minimum atomic E-state index is -0.306. The van der Waals surface area contributed by atoms with Crippen molar-refractivity contribution in [2.75, 3.05) is 12.8 Å². The molecule has 1 N–H and O–H groups in total. The van der Waals surface area contributed by atoms with E-state index in [0.29, 0.717) is 11.3 Å². The molecule has 1 aromatic rings. The summed E-state index contributed by atoms with van der Waals surface area (Å²) in [6.45, 7) is 3.52. The number of hydrogen-bond acceptors (Lipinski definition) is 4. The molecule has 2 rings (SSSR count). The van der Waals surface area contributed by atoms with Gasteiger partial charge >= 0.3 is 0 Å². The van der Waals surface area contributed by atoms with Gasteiger partial charge in [-0.2, -0.15) is 11.8 Å². The molecule has 20 heavy (non-hydrogen) atoms. The molecule has 0 bridgehead atoms. The van der Waals surface area contributed by atoms with Crippen molar-refractivity contribution >= 4 is 17.4 Å². The van der Waals surface area contributed by atoms with Crippen molar-refractivity contribution < 1.29 is 4.92 Å². The molecule has 0 saturated heterocycles. The van der Waals surface area contributed by atoms with Gasteiger partial charge in [-0.15, -0.1) is 0 Å². The van der Waals surface area contributed by atoms with Crippen LogP contribution in [0.25, 0.3) is 0 Å². The molecular formula is C15H22N2O2S. The summed E-state index contributed by atoms with van der Waals surface area (Å²) in [5.41, 5.74) is 2.01. The number of rotatable bonds is 6. The fourth-order valence-corrected chi connectivity index (χ4v) is 3.90. The molecule has 110 valence electrons. The van der Waals surface area contributed by atoms with Gasteiger partial charge in [0.1, 0.15) is 0 Å². The maximum atomic E-state index is 10.9. The molecule has 1 aromatic carbocycles. The van der Waals surface area contributed by atoms with Crippen LogP contribution in [0, 0.1) is 17.0 Å². The highest BCUT2D eigenvalue weighted by Crippen LogP contribution is 2.39. The van der Waals surface area contributed by atoms with Gasteiger partial charge in [0.05, 0.1) is 4.92 Å². The Morgan fingerprint density at radius 2 is 2.10 bits per heavy atom. The second kappa shape index (κ2) is 6.59. The summed E-state index contributed by atoms with van der Waals surface area (Å²) in [5, 5.41) is 14.4. The molecule has 1 aliphatic rings. The van der Waals surface area contributed by atoms with E-state index < -0.39 is 0 Å². The molecule has 5 heteroatoms. The summed E-state index contributed by atoms with van der Waals surface area (Å²) < 4.78 is 0.370. The average molecular weight is 294 g/mol. The number of thioether (sulfide) groups is 1. The molecule has 1 fully saturated rings. The second-order valence-electron chi connectivity index (χ2n) is 5.52. The smallest absolute Gasteiger partial charge is 0.272 e. The van der Waals surface area contributed by atoms with Crippen LogP contribution in [-0.4, -0.2) is 22.5 Å². The van der Waals surface area contributed by atoms with E-state index in [4.69, 9.17) is 0 Å². The number of nitrogens with zero attached hydrogens (tertiary/aromatic N) is 1. The number of nitro benzene ring substituents is 1. The van der Waals surface area contributed by atoms with Gasteiger partial charge < -0.3 is 5.32 Å². The van der Waals surface area contributed by atoms with Gasteiger partial charge in [-0.3, -0.25) is 10.1 Å². The largest absolute Gasteiger partial charge is 0.311 e. The summed E-state index contributed by atoms with van der Waals surface area (Å²) in [4.78, 5) is 10.6. The zero-order chi connectivity index (χ0) is 14.6. The lowest BCUT2D eigenvalue weighted by molar-refractivity contribution is -0.385. The molecule has 0 atom stereocenters. The number of nitrogens with one attached hydrogen (secondary N) is 1. The highest BCUT2D eigenvalue weighted by atomic mass is 32.2. The lowest BCUT2D eigenvalue weighted by Crippen LogP contribution is -2.34. The number of hydrogen-bond donors (Lipinski definition) is 1. The molecule has 1 saturated carbocycles.